The van der Waals surface area contributed by atoms with Gasteiger partial charge < -0.3 is 60.3 Å². The Labute approximate surface area is 512 Å². The number of benzene rings is 2. The van der Waals surface area contributed by atoms with Crippen LogP contribution in [0.25, 0.3) is 0 Å². The van der Waals surface area contributed by atoms with E-state index in [9.17, 15) is 53.1 Å². The molecule has 0 radical (unpaired) electrons. The molecule has 4 aliphatic heterocycles. The third-order valence-electron chi connectivity index (χ3n) is 16.5. The zero-order chi connectivity index (χ0) is 64.2. The number of alkyl carbamates (subject to hydrolysis) is 1. The number of ketones is 1. The minimum atomic E-state index is -1.90. The fourth-order valence-corrected chi connectivity index (χ4v) is 11.2. The molecule has 4 aliphatic rings. The van der Waals surface area contributed by atoms with Crippen LogP contribution in [0.4, 0.5) is 15.3 Å². The molecule has 7 N–H and O–H groups in total. The van der Waals surface area contributed by atoms with Gasteiger partial charge in [0.1, 0.15) is 41.7 Å². The van der Waals surface area contributed by atoms with E-state index in [0.717, 1.165) is 20.9 Å². The number of fused-ring (bicyclic) bond motifs is 5. The first-order chi connectivity index (χ1) is 41.0. The highest BCUT2D eigenvalue weighted by Crippen LogP contribution is 2.49. The summed E-state index contributed by atoms with van der Waals surface area (Å²) in [6.07, 6.45) is 4.22. The van der Waals surface area contributed by atoms with Crippen LogP contribution in [0.1, 0.15) is 120 Å². The number of unbranched alkanes of at least 4 members (excludes halogenated alkanes) is 2. The number of aliphatic hydroxyl groups is 1. The minimum absolute atomic E-state index is 0.0649. The van der Waals surface area contributed by atoms with Crippen molar-refractivity contribution in [3.63, 3.8) is 0 Å². The number of nitrogens with zero attached hydrogens (tertiary/aromatic N) is 3. The topological polar surface area (TPSA) is 324 Å². The molecule has 87 heavy (non-hydrogen) atoms. The summed E-state index contributed by atoms with van der Waals surface area (Å²) >= 11 is 6.87. The Morgan fingerprint density at radius 1 is 0.977 bits per heavy atom. The number of primary amides is 1. The Bertz CT molecular complexity index is 3040. The summed E-state index contributed by atoms with van der Waals surface area (Å²) in [7, 11) is 5.71. The zero-order valence-corrected chi connectivity index (χ0v) is 52.1. The second kappa shape index (κ2) is 29.8. The van der Waals surface area contributed by atoms with Crippen LogP contribution in [0.5, 0.6) is 5.75 Å². The largest absolute Gasteiger partial charge is 0.496 e. The molecule has 0 unspecified atom stereocenters. The number of carbonyl (C=O) groups is 10. The number of esters is 1. The summed E-state index contributed by atoms with van der Waals surface area (Å²) in [6.45, 7) is 12.4. The van der Waals surface area contributed by atoms with Crippen LogP contribution < -0.4 is 36.6 Å². The fourth-order valence-electron chi connectivity index (χ4n) is 11.0. The van der Waals surface area contributed by atoms with E-state index in [1.54, 1.807) is 46.9 Å². The lowest BCUT2D eigenvalue weighted by Gasteiger charge is -2.42. The number of allylic oxidation sites excluding steroid dienone is 3. The molecule has 2 aromatic carbocycles. The van der Waals surface area contributed by atoms with E-state index in [1.165, 1.54) is 63.4 Å². The first kappa shape index (κ1) is 68.4. The summed E-state index contributed by atoms with van der Waals surface area (Å²) < 4.78 is 29.7. The van der Waals surface area contributed by atoms with Gasteiger partial charge in [0.05, 0.1) is 36.4 Å². The van der Waals surface area contributed by atoms with Gasteiger partial charge in [0.25, 0.3) is 17.7 Å². The number of carbonyl (C=O) groups excluding carboxylic acids is 10. The lowest BCUT2D eigenvalue weighted by molar-refractivity contribution is -0.158. The first-order valence-electron chi connectivity index (χ1n) is 29.2. The monoisotopic (exact) mass is 1230 g/mol. The molecule has 474 valence electrons. The highest BCUT2D eigenvalue weighted by molar-refractivity contribution is 6.34. The van der Waals surface area contributed by atoms with E-state index in [2.05, 4.69) is 21.3 Å². The Morgan fingerprint density at radius 3 is 2.33 bits per heavy atom. The molecule has 10 atom stereocenters. The average molecular weight is 1230 g/mol. The number of Topliss-reactive ketones (excluding diaryl/α,β-unsaturated/α-hetero) is 1. The van der Waals surface area contributed by atoms with Gasteiger partial charge in [-0.15, -0.1) is 0 Å². The van der Waals surface area contributed by atoms with Crippen molar-refractivity contribution in [3.8, 4) is 5.75 Å². The molecule has 2 saturated heterocycles. The molecule has 9 amide bonds. The Balaban J connectivity index is 1.17. The molecular formula is C62H83ClN8O16. The van der Waals surface area contributed by atoms with Gasteiger partial charge in [0.2, 0.25) is 17.7 Å². The molecule has 0 saturated carbocycles. The van der Waals surface area contributed by atoms with Crippen LogP contribution in [-0.2, 0) is 65.4 Å². The predicted molar refractivity (Wildman–Crippen MR) is 320 cm³/mol. The number of likely N-dealkylation sites (N-methyl/N-ethyl adjacent to an activating group) is 1. The van der Waals surface area contributed by atoms with Gasteiger partial charge in [-0.25, -0.2) is 14.4 Å². The molecule has 0 aliphatic carbocycles. The van der Waals surface area contributed by atoms with Crippen LogP contribution in [-0.4, -0.2) is 169 Å². The molecule has 24 nitrogen and oxygen atoms in total. The van der Waals surface area contributed by atoms with Crippen LogP contribution in [0.15, 0.2) is 66.3 Å². The molecule has 0 aromatic heterocycles. The van der Waals surface area contributed by atoms with E-state index in [-0.39, 0.29) is 68.3 Å². The molecule has 6 rings (SSSR count). The number of halogens is 1. The Kier molecular flexibility index (Phi) is 23.5. The fraction of sp³-hybridized carbons (Fsp3) is 0.548. The third-order valence-corrected chi connectivity index (χ3v) is 17.0. The molecule has 0 spiro atoms. The smallest absolute Gasteiger partial charge is 0.409 e. The van der Waals surface area contributed by atoms with E-state index in [4.69, 9.17) is 41.0 Å². The molecule has 25 heteroatoms. The summed E-state index contributed by atoms with van der Waals surface area (Å²) in [5, 5.41) is 22.8. The van der Waals surface area contributed by atoms with Gasteiger partial charge in [0.15, 0.2) is 11.5 Å². The van der Waals surface area contributed by atoms with Gasteiger partial charge >= 0.3 is 18.1 Å². The number of nitrogens with two attached hydrogens (primary N) is 1. The lowest BCUT2D eigenvalue weighted by atomic mass is 9.83. The number of imide groups is 1. The van der Waals surface area contributed by atoms with Gasteiger partial charge in [0, 0.05) is 82.8 Å². The summed E-state index contributed by atoms with van der Waals surface area (Å²) in [5.41, 5.74) is 5.32. The number of aryl methyl sites for hydroxylation is 1. The summed E-state index contributed by atoms with van der Waals surface area (Å²) in [5.74, 6) is -5.17. The van der Waals surface area contributed by atoms with Gasteiger partial charge in [-0.05, 0) is 95.0 Å². The molecule has 4 heterocycles. The number of ether oxygens (including phenoxy) is 5. The van der Waals surface area contributed by atoms with E-state index < -0.39 is 120 Å². The standard InChI is InChI=1S/C62H83ClN8O16/c1-34(2)54(67-49(73)20-13-12-14-26-71-50(74)23-24-51(71)75)56(77)66-42(18-16-25-65-59(64)80)44(72)30-40-21-22-41(31-45(40)83-10)57(78)69(8)38(6)58(79)86-48-32-52(76)70(9)43-29-39(28-36(4)53(43)63)27-35(3)17-15-19-47(84-11)62(82)33-46(85-60(81)68-62)37(5)55-61(48,7)87-55/h15,17,19,21-24,28-29,31,34,37-38,42,46-48,54-55,82H,12-14,16,18,20,25-27,30,32-33H2,1-11H3,(H,66,77)(H,67,73)(H,68,81)(H3,64,65,80)/b19-15+,35-17+/t37-,38+,42+,46+,47-,48+,54+,55+,61+,62+/m1/s1. The highest BCUT2D eigenvalue weighted by atomic mass is 35.5. The number of rotatable bonds is 23. The van der Waals surface area contributed by atoms with Crippen molar-refractivity contribution >= 4 is 76.6 Å². The van der Waals surface area contributed by atoms with E-state index in [1.807, 2.05) is 32.1 Å². The normalized spacial score (nSPS) is 24.9. The van der Waals surface area contributed by atoms with Crippen molar-refractivity contribution in [1.29, 1.82) is 0 Å². The lowest BCUT2D eigenvalue weighted by Crippen LogP contribution is -2.63. The molecule has 2 aromatic rings. The van der Waals surface area contributed by atoms with Crippen LogP contribution >= 0.6 is 11.6 Å². The Hall–Kier alpha value is -7.67. The second-order valence-electron chi connectivity index (χ2n) is 23.4. The van der Waals surface area contributed by atoms with Crippen LogP contribution in [0, 0.1) is 18.8 Å². The SMILES string of the molecule is COc1cc(C(=O)N(C)[C@@H](C)C(=O)O[C@H]2CC(=O)N(C)c3cc(cc(C)c3Cl)C/C(C)=C/C=C/[C@@H](OC)[C@@]3(O)C[C@H](OC(=O)N3)[C@@H](C)[C@@H]3O[C@@]23C)ccc1CC(=O)[C@H](CCCNC(N)=O)NC(=O)[C@@H](NC(=O)CCCCCN1C(=O)C=CC1=O)C(C)C. The Morgan fingerprint density at radius 2 is 1.68 bits per heavy atom. The van der Waals surface area contributed by atoms with Crippen molar-refractivity contribution in [1.82, 2.24) is 31.1 Å². The number of epoxide rings is 1. The number of methoxy groups -OCH3 is 2. The zero-order valence-electron chi connectivity index (χ0n) is 51.3. The van der Waals surface area contributed by atoms with Crippen molar-refractivity contribution in [2.24, 2.45) is 17.6 Å². The maximum atomic E-state index is 14.5. The van der Waals surface area contributed by atoms with Crippen molar-refractivity contribution in [2.75, 3.05) is 46.3 Å². The number of nitrogens with one attached hydrogen (secondary N) is 4. The molecular weight excluding hydrogens is 1150 g/mol. The number of hydrogen-bond acceptors (Lipinski definition) is 16. The second-order valence-corrected chi connectivity index (χ2v) is 23.7. The van der Waals surface area contributed by atoms with Crippen LogP contribution in [0.3, 0.4) is 0 Å². The highest BCUT2D eigenvalue weighted by Gasteiger charge is 2.64. The van der Waals surface area contributed by atoms with Crippen molar-refractivity contribution in [3.05, 3.63) is 93.6 Å². The van der Waals surface area contributed by atoms with E-state index in [0.29, 0.717) is 47.5 Å². The van der Waals surface area contributed by atoms with Crippen LogP contribution in [0.2, 0.25) is 5.02 Å². The number of urea groups is 1. The quantitative estimate of drug-likeness (QED) is 0.0376. The third kappa shape index (κ3) is 17.3. The molecule has 2 fully saturated rings. The predicted octanol–water partition coefficient (Wildman–Crippen LogP) is 4.81. The van der Waals surface area contributed by atoms with Gasteiger partial charge in [-0.3, -0.25) is 43.8 Å². The number of anilines is 1. The average Bonchev–Trinajstić information content (AvgIpc) is 1.59. The summed E-state index contributed by atoms with van der Waals surface area (Å²) in [6, 6.07) is 3.90. The van der Waals surface area contributed by atoms with Gasteiger partial charge in [-0.1, -0.05) is 74.7 Å². The minimum Gasteiger partial charge on any atom is -0.496 e. The van der Waals surface area contributed by atoms with E-state index >= 15 is 0 Å². The number of hydrogen-bond donors (Lipinski definition) is 6. The maximum absolute atomic E-state index is 14.5. The number of amides is 9. The van der Waals surface area contributed by atoms with Crippen molar-refractivity contribution < 1.29 is 76.7 Å². The first-order valence-corrected chi connectivity index (χ1v) is 29.5. The molecule has 4 bridgehead atoms. The van der Waals surface area contributed by atoms with Gasteiger partial charge in [-0.2, -0.15) is 0 Å². The van der Waals surface area contributed by atoms with Crippen molar-refractivity contribution in [2.45, 2.75) is 167 Å². The summed E-state index contributed by atoms with van der Waals surface area (Å²) in [4.78, 5) is 136. The maximum Gasteiger partial charge on any atom is 0.409 e.